The van der Waals surface area contributed by atoms with Crippen molar-refractivity contribution in [3.8, 4) is 0 Å². The van der Waals surface area contributed by atoms with Gasteiger partial charge < -0.3 is 4.74 Å². The third-order valence-electron chi connectivity index (χ3n) is 1.86. The van der Waals surface area contributed by atoms with Crippen LogP contribution in [-0.2, 0) is 16.0 Å². The van der Waals surface area contributed by atoms with Crippen LogP contribution in [0.2, 0.25) is 10.0 Å². The third-order valence-corrected chi connectivity index (χ3v) is 2.93. The highest BCUT2D eigenvalue weighted by Crippen LogP contribution is 2.23. The molecule has 0 aromatic heterocycles. The van der Waals surface area contributed by atoms with Gasteiger partial charge in [0.2, 0.25) is 0 Å². The first kappa shape index (κ1) is 12.6. The fourth-order valence-corrected chi connectivity index (χ4v) is 1.67. The molecule has 5 heteroatoms. The number of esters is 1. The predicted molar refractivity (Wildman–Crippen MR) is 61.8 cm³/mol. The normalized spacial score (nSPS) is 12.3. The van der Waals surface area contributed by atoms with Gasteiger partial charge in [-0.15, -0.1) is 11.6 Å². The fourth-order valence-electron chi connectivity index (χ4n) is 1.08. The Balaban J connectivity index is 2.73. The molecule has 0 fully saturated rings. The SMILES string of the molecule is COC(=O)C(Cl)Cc1ccc(Cl)c(Cl)c1. The zero-order chi connectivity index (χ0) is 11.4. The number of alkyl halides is 1. The monoisotopic (exact) mass is 266 g/mol. The summed E-state index contributed by atoms with van der Waals surface area (Å²) >= 11 is 17.4. The Kier molecular flexibility index (Phi) is 4.71. The number of carbonyl (C=O) groups excluding carboxylic acids is 1. The van der Waals surface area contributed by atoms with Gasteiger partial charge in [-0.25, -0.2) is 0 Å². The van der Waals surface area contributed by atoms with E-state index >= 15 is 0 Å². The molecule has 1 atom stereocenters. The second kappa shape index (κ2) is 5.59. The summed E-state index contributed by atoms with van der Waals surface area (Å²) in [6.07, 6.45) is 0.366. The predicted octanol–water partition coefficient (Wildman–Crippen LogP) is 3.32. The van der Waals surface area contributed by atoms with E-state index < -0.39 is 11.3 Å². The number of hydrogen-bond donors (Lipinski definition) is 0. The molecule has 1 rings (SSSR count). The van der Waals surface area contributed by atoms with Crippen LogP contribution in [0.25, 0.3) is 0 Å². The standard InChI is InChI=1S/C10H9Cl3O2/c1-15-10(14)9(13)5-6-2-3-7(11)8(12)4-6/h2-4,9H,5H2,1H3. The second-order valence-corrected chi connectivity index (χ2v) is 4.28. The summed E-state index contributed by atoms with van der Waals surface area (Å²) in [6, 6.07) is 5.12. The number of rotatable bonds is 3. The molecule has 0 saturated carbocycles. The van der Waals surface area contributed by atoms with Gasteiger partial charge in [-0.2, -0.15) is 0 Å². The van der Waals surface area contributed by atoms with E-state index in [0.717, 1.165) is 5.56 Å². The average Bonchev–Trinajstić information content (AvgIpc) is 2.22. The van der Waals surface area contributed by atoms with Crippen molar-refractivity contribution in [2.45, 2.75) is 11.8 Å². The van der Waals surface area contributed by atoms with Crippen LogP contribution in [0.1, 0.15) is 5.56 Å². The Morgan fingerprint density at radius 3 is 2.60 bits per heavy atom. The molecule has 0 saturated heterocycles. The highest BCUT2D eigenvalue weighted by atomic mass is 35.5. The highest BCUT2D eigenvalue weighted by molar-refractivity contribution is 6.42. The summed E-state index contributed by atoms with van der Waals surface area (Å²) in [4.78, 5) is 11.1. The lowest BCUT2D eigenvalue weighted by molar-refractivity contribution is -0.140. The smallest absolute Gasteiger partial charge is 0.324 e. The first-order valence-corrected chi connectivity index (χ1v) is 5.39. The summed E-state index contributed by atoms with van der Waals surface area (Å²) in [6.45, 7) is 0. The van der Waals surface area contributed by atoms with E-state index in [-0.39, 0.29) is 0 Å². The van der Waals surface area contributed by atoms with Crippen molar-refractivity contribution >= 4 is 40.8 Å². The number of carbonyl (C=O) groups is 1. The zero-order valence-corrected chi connectivity index (χ0v) is 10.2. The van der Waals surface area contributed by atoms with Crippen LogP contribution in [0.15, 0.2) is 18.2 Å². The summed E-state index contributed by atoms with van der Waals surface area (Å²) in [5, 5.41) is 0.222. The number of halogens is 3. The quantitative estimate of drug-likeness (QED) is 0.620. The number of hydrogen-bond acceptors (Lipinski definition) is 2. The molecule has 1 aromatic carbocycles. The van der Waals surface area contributed by atoms with Crippen LogP contribution in [0.5, 0.6) is 0 Å². The van der Waals surface area contributed by atoms with Crippen LogP contribution >= 0.6 is 34.8 Å². The van der Waals surface area contributed by atoms with Crippen molar-refractivity contribution in [2.24, 2.45) is 0 Å². The summed E-state index contributed by atoms with van der Waals surface area (Å²) in [5.74, 6) is -0.456. The lowest BCUT2D eigenvalue weighted by Gasteiger charge is -2.07. The Morgan fingerprint density at radius 2 is 2.07 bits per heavy atom. The van der Waals surface area contributed by atoms with Crippen molar-refractivity contribution in [1.29, 1.82) is 0 Å². The molecule has 0 heterocycles. The van der Waals surface area contributed by atoms with E-state index in [1.807, 2.05) is 0 Å². The summed E-state index contributed by atoms with van der Waals surface area (Å²) in [5.41, 5.74) is 0.842. The lowest BCUT2D eigenvalue weighted by Crippen LogP contribution is -2.18. The van der Waals surface area contributed by atoms with E-state index in [4.69, 9.17) is 34.8 Å². The minimum absolute atomic E-state index is 0.366. The molecule has 0 amide bonds. The Morgan fingerprint density at radius 1 is 1.40 bits per heavy atom. The van der Waals surface area contributed by atoms with Crippen molar-refractivity contribution in [1.82, 2.24) is 0 Å². The van der Waals surface area contributed by atoms with Gasteiger partial charge in [0.1, 0.15) is 5.38 Å². The number of methoxy groups -OCH3 is 1. The van der Waals surface area contributed by atoms with Gasteiger partial charge >= 0.3 is 5.97 Å². The third kappa shape index (κ3) is 3.56. The molecule has 1 unspecified atom stereocenters. The van der Waals surface area contributed by atoms with Gasteiger partial charge in [-0.05, 0) is 24.1 Å². The molecular weight excluding hydrogens is 258 g/mol. The van der Waals surface area contributed by atoms with E-state index in [1.54, 1.807) is 18.2 Å². The Labute approximate surface area is 103 Å². The molecule has 0 aliphatic carbocycles. The molecule has 0 bridgehead atoms. The van der Waals surface area contributed by atoms with Crippen LogP contribution in [-0.4, -0.2) is 18.5 Å². The molecule has 0 spiro atoms. The first-order valence-electron chi connectivity index (χ1n) is 4.20. The summed E-state index contributed by atoms with van der Waals surface area (Å²) < 4.78 is 4.51. The molecule has 82 valence electrons. The Bertz CT molecular complexity index is 366. The van der Waals surface area contributed by atoms with Crippen LogP contribution < -0.4 is 0 Å². The van der Waals surface area contributed by atoms with Crippen molar-refractivity contribution in [2.75, 3.05) is 7.11 Å². The molecule has 0 aliphatic heterocycles. The minimum Gasteiger partial charge on any atom is -0.468 e. The van der Waals surface area contributed by atoms with Crippen LogP contribution in [0.4, 0.5) is 0 Å². The van der Waals surface area contributed by atoms with E-state index in [0.29, 0.717) is 16.5 Å². The summed E-state index contributed by atoms with van der Waals surface area (Å²) in [7, 11) is 1.30. The van der Waals surface area contributed by atoms with Crippen LogP contribution in [0.3, 0.4) is 0 Å². The topological polar surface area (TPSA) is 26.3 Å². The van der Waals surface area contributed by atoms with Gasteiger partial charge in [0, 0.05) is 0 Å². The Hall–Kier alpha value is -0.440. The zero-order valence-electron chi connectivity index (χ0n) is 7.97. The molecular formula is C10H9Cl3O2. The van der Waals surface area contributed by atoms with Crippen molar-refractivity contribution in [3.05, 3.63) is 33.8 Å². The van der Waals surface area contributed by atoms with Gasteiger partial charge in [0.05, 0.1) is 17.2 Å². The van der Waals surface area contributed by atoms with Gasteiger partial charge in [0.15, 0.2) is 0 Å². The lowest BCUT2D eigenvalue weighted by atomic mass is 10.1. The molecule has 1 aromatic rings. The average molecular weight is 268 g/mol. The molecule has 0 N–H and O–H groups in total. The molecule has 2 nitrogen and oxygen atoms in total. The van der Waals surface area contributed by atoms with Gasteiger partial charge in [-0.3, -0.25) is 4.79 Å². The maximum atomic E-state index is 11.1. The largest absolute Gasteiger partial charge is 0.468 e. The molecule has 0 radical (unpaired) electrons. The van der Waals surface area contributed by atoms with Crippen molar-refractivity contribution < 1.29 is 9.53 Å². The minimum atomic E-state index is -0.702. The first-order chi connectivity index (χ1) is 7.04. The highest BCUT2D eigenvalue weighted by Gasteiger charge is 2.16. The van der Waals surface area contributed by atoms with E-state index in [1.165, 1.54) is 7.11 Å². The van der Waals surface area contributed by atoms with Gasteiger partial charge in [-0.1, -0.05) is 29.3 Å². The van der Waals surface area contributed by atoms with Crippen molar-refractivity contribution in [3.63, 3.8) is 0 Å². The number of ether oxygens (including phenoxy) is 1. The van der Waals surface area contributed by atoms with Gasteiger partial charge in [0.25, 0.3) is 0 Å². The maximum absolute atomic E-state index is 11.1. The molecule has 15 heavy (non-hydrogen) atoms. The van der Waals surface area contributed by atoms with E-state index in [9.17, 15) is 4.79 Å². The molecule has 0 aliphatic rings. The maximum Gasteiger partial charge on any atom is 0.324 e. The number of benzene rings is 1. The fraction of sp³-hybridized carbons (Fsp3) is 0.300. The van der Waals surface area contributed by atoms with E-state index in [2.05, 4.69) is 4.74 Å². The van der Waals surface area contributed by atoms with Crippen LogP contribution in [0, 0.1) is 0 Å². The second-order valence-electron chi connectivity index (χ2n) is 2.94.